The van der Waals surface area contributed by atoms with Crippen LogP contribution >= 0.6 is 11.8 Å². The van der Waals surface area contributed by atoms with Gasteiger partial charge in [0.15, 0.2) is 0 Å². The van der Waals surface area contributed by atoms with E-state index in [0.717, 1.165) is 24.2 Å². The standard InChI is InChI=1S/C13H16F3NOS/c1-17-12(11-6-3-7-19-11)9-4-2-5-10(8-9)18-13(14,15)16/h2,4-5,8,11-12,17H,3,6-7H2,1H3. The number of halogens is 3. The second-order valence-corrected chi connectivity index (χ2v) is 5.79. The van der Waals surface area contributed by atoms with Gasteiger partial charge in [0.25, 0.3) is 0 Å². The van der Waals surface area contributed by atoms with Gasteiger partial charge in [-0.1, -0.05) is 12.1 Å². The molecule has 0 radical (unpaired) electrons. The molecule has 19 heavy (non-hydrogen) atoms. The number of alkyl halides is 3. The Labute approximate surface area is 114 Å². The zero-order chi connectivity index (χ0) is 13.9. The minimum absolute atomic E-state index is 0.0595. The summed E-state index contributed by atoms with van der Waals surface area (Å²) < 4.78 is 40.6. The zero-order valence-corrected chi connectivity index (χ0v) is 11.4. The highest BCUT2D eigenvalue weighted by atomic mass is 32.2. The van der Waals surface area contributed by atoms with E-state index in [1.807, 2.05) is 24.9 Å². The molecular formula is C13H16F3NOS. The van der Waals surface area contributed by atoms with E-state index in [1.165, 1.54) is 12.1 Å². The Morgan fingerprint density at radius 3 is 2.79 bits per heavy atom. The summed E-state index contributed by atoms with van der Waals surface area (Å²) in [7, 11) is 1.83. The normalized spacial score (nSPS) is 21.4. The fourth-order valence-corrected chi connectivity index (χ4v) is 3.79. The number of hydrogen-bond donors (Lipinski definition) is 1. The third kappa shape index (κ3) is 4.04. The molecule has 1 N–H and O–H groups in total. The molecule has 1 aliphatic rings. The summed E-state index contributed by atoms with van der Waals surface area (Å²) in [6.07, 6.45) is -2.40. The van der Waals surface area contributed by atoms with E-state index in [-0.39, 0.29) is 11.8 Å². The zero-order valence-electron chi connectivity index (χ0n) is 10.5. The van der Waals surface area contributed by atoms with Crippen molar-refractivity contribution in [3.05, 3.63) is 29.8 Å². The number of ether oxygens (including phenoxy) is 1. The number of rotatable bonds is 4. The average molecular weight is 291 g/mol. The molecule has 1 aliphatic heterocycles. The first-order chi connectivity index (χ1) is 8.99. The Morgan fingerprint density at radius 2 is 2.21 bits per heavy atom. The van der Waals surface area contributed by atoms with Crippen molar-refractivity contribution in [2.75, 3.05) is 12.8 Å². The first-order valence-electron chi connectivity index (χ1n) is 6.14. The van der Waals surface area contributed by atoms with Crippen LogP contribution in [0.1, 0.15) is 24.4 Å². The highest BCUT2D eigenvalue weighted by Crippen LogP contribution is 2.37. The summed E-state index contributed by atoms with van der Waals surface area (Å²) in [5.41, 5.74) is 0.837. The van der Waals surface area contributed by atoms with Crippen molar-refractivity contribution in [2.24, 2.45) is 0 Å². The second kappa shape index (κ2) is 6.05. The highest BCUT2D eigenvalue weighted by Gasteiger charge is 2.32. The lowest BCUT2D eigenvalue weighted by molar-refractivity contribution is -0.274. The van der Waals surface area contributed by atoms with Gasteiger partial charge in [0.2, 0.25) is 0 Å². The molecule has 2 atom stereocenters. The Morgan fingerprint density at radius 1 is 1.42 bits per heavy atom. The second-order valence-electron chi connectivity index (χ2n) is 4.44. The van der Waals surface area contributed by atoms with Gasteiger partial charge in [0.05, 0.1) is 0 Å². The Hall–Kier alpha value is -0.880. The van der Waals surface area contributed by atoms with E-state index >= 15 is 0 Å². The summed E-state index contributed by atoms with van der Waals surface area (Å²) in [5.74, 6) is 0.954. The van der Waals surface area contributed by atoms with Crippen LogP contribution in [0, 0.1) is 0 Å². The number of hydrogen-bond acceptors (Lipinski definition) is 3. The topological polar surface area (TPSA) is 21.3 Å². The van der Waals surface area contributed by atoms with Crippen LogP contribution in [0.4, 0.5) is 13.2 Å². The minimum Gasteiger partial charge on any atom is -0.406 e. The minimum atomic E-state index is -4.64. The maximum Gasteiger partial charge on any atom is 0.573 e. The van der Waals surface area contributed by atoms with Crippen molar-refractivity contribution < 1.29 is 17.9 Å². The van der Waals surface area contributed by atoms with Gasteiger partial charge in [-0.05, 0) is 43.3 Å². The summed E-state index contributed by atoms with van der Waals surface area (Å²) in [4.78, 5) is 0. The van der Waals surface area contributed by atoms with Crippen molar-refractivity contribution in [2.45, 2.75) is 30.5 Å². The van der Waals surface area contributed by atoms with E-state index in [4.69, 9.17) is 0 Å². The molecule has 0 bridgehead atoms. The molecule has 1 aromatic rings. The number of benzene rings is 1. The van der Waals surface area contributed by atoms with Gasteiger partial charge in [-0.15, -0.1) is 13.2 Å². The third-order valence-corrected chi connectivity index (χ3v) is 4.56. The predicted molar refractivity (Wildman–Crippen MR) is 70.4 cm³/mol. The van der Waals surface area contributed by atoms with Gasteiger partial charge in [0.1, 0.15) is 5.75 Å². The molecule has 1 aromatic carbocycles. The van der Waals surface area contributed by atoms with Crippen LogP contribution in [0.3, 0.4) is 0 Å². The van der Waals surface area contributed by atoms with Crippen LogP contribution in [-0.2, 0) is 0 Å². The predicted octanol–water partition coefficient (Wildman–Crippen LogP) is 3.74. The Bertz CT molecular complexity index is 419. The largest absolute Gasteiger partial charge is 0.573 e. The van der Waals surface area contributed by atoms with Gasteiger partial charge in [-0.2, -0.15) is 11.8 Å². The summed E-state index contributed by atoms with van der Waals surface area (Å²) in [6.45, 7) is 0. The molecule has 0 aliphatic carbocycles. The quantitative estimate of drug-likeness (QED) is 0.913. The molecule has 0 saturated carbocycles. The molecule has 0 aromatic heterocycles. The van der Waals surface area contributed by atoms with E-state index in [2.05, 4.69) is 10.1 Å². The molecule has 2 rings (SSSR count). The molecule has 0 spiro atoms. The van der Waals surface area contributed by atoms with Crippen LogP contribution in [-0.4, -0.2) is 24.4 Å². The highest BCUT2D eigenvalue weighted by molar-refractivity contribution is 8.00. The molecule has 6 heteroatoms. The van der Waals surface area contributed by atoms with Crippen molar-refractivity contribution in [1.29, 1.82) is 0 Å². The van der Waals surface area contributed by atoms with Crippen molar-refractivity contribution >= 4 is 11.8 Å². The Balaban J connectivity index is 2.16. The van der Waals surface area contributed by atoms with E-state index < -0.39 is 6.36 Å². The lowest BCUT2D eigenvalue weighted by Gasteiger charge is -2.23. The van der Waals surface area contributed by atoms with E-state index in [9.17, 15) is 13.2 Å². The monoisotopic (exact) mass is 291 g/mol. The molecule has 1 saturated heterocycles. The molecule has 1 heterocycles. The molecule has 2 nitrogen and oxygen atoms in total. The van der Waals surface area contributed by atoms with Crippen LogP contribution in [0.2, 0.25) is 0 Å². The average Bonchev–Trinajstić information content (AvgIpc) is 2.82. The molecular weight excluding hydrogens is 275 g/mol. The van der Waals surface area contributed by atoms with Crippen LogP contribution < -0.4 is 10.1 Å². The van der Waals surface area contributed by atoms with Crippen molar-refractivity contribution in [1.82, 2.24) is 5.32 Å². The molecule has 1 fully saturated rings. The lowest BCUT2D eigenvalue weighted by atomic mass is 10.0. The SMILES string of the molecule is CNC(c1cccc(OC(F)(F)F)c1)C1CCCS1. The maximum atomic E-state index is 12.2. The Kier molecular flexibility index (Phi) is 4.62. The van der Waals surface area contributed by atoms with Gasteiger partial charge in [-0.25, -0.2) is 0 Å². The lowest BCUT2D eigenvalue weighted by Crippen LogP contribution is -2.26. The molecule has 106 valence electrons. The van der Waals surface area contributed by atoms with Crippen LogP contribution in [0.25, 0.3) is 0 Å². The van der Waals surface area contributed by atoms with Gasteiger partial charge in [0, 0.05) is 11.3 Å². The van der Waals surface area contributed by atoms with Crippen LogP contribution in [0.5, 0.6) is 5.75 Å². The van der Waals surface area contributed by atoms with Crippen LogP contribution in [0.15, 0.2) is 24.3 Å². The van der Waals surface area contributed by atoms with E-state index in [0.29, 0.717) is 5.25 Å². The van der Waals surface area contributed by atoms with Crippen molar-refractivity contribution in [3.63, 3.8) is 0 Å². The first-order valence-corrected chi connectivity index (χ1v) is 7.19. The smallest absolute Gasteiger partial charge is 0.406 e. The summed E-state index contributed by atoms with van der Waals surface area (Å²) in [5, 5.41) is 3.60. The van der Waals surface area contributed by atoms with Gasteiger partial charge in [-0.3, -0.25) is 0 Å². The summed E-state index contributed by atoms with van der Waals surface area (Å²) in [6, 6.07) is 6.28. The summed E-state index contributed by atoms with van der Waals surface area (Å²) >= 11 is 1.86. The van der Waals surface area contributed by atoms with Gasteiger partial charge < -0.3 is 10.1 Å². The first kappa shape index (κ1) is 14.5. The van der Waals surface area contributed by atoms with Gasteiger partial charge >= 0.3 is 6.36 Å². The van der Waals surface area contributed by atoms with E-state index in [1.54, 1.807) is 6.07 Å². The number of nitrogens with one attached hydrogen (secondary N) is 1. The molecule has 0 amide bonds. The number of thioether (sulfide) groups is 1. The fourth-order valence-electron chi connectivity index (χ4n) is 2.34. The molecule has 2 unspecified atom stereocenters. The maximum absolute atomic E-state index is 12.2. The fraction of sp³-hybridized carbons (Fsp3) is 0.538. The van der Waals surface area contributed by atoms with Crippen molar-refractivity contribution in [3.8, 4) is 5.75 Å². The third-order valence-electron chi connectivity index (χ3n) is 3.10.